The summed E-state index contributed by atoms with van der Waals surface area (Å²) >= 11 is 1.56. The zero-order chi connectivity index (χ0) is 9.14. The number of likely N-dealkylation sites (tertiary alicyclic amines) is 1. The van der Waals surface area contributed by atoms with Crippen LogP contribution in [-0.4, -0.2) is 41.2 Å². The molecule has 0 saturated carbocycles. The number of carbonyl (C=O) groups is 2. The second-order valence-electron chi connectivity index (χ2n) is 2.88. The molecule has 12 heavy (non-hydrogen) atoms. The molecule has 0 radical (unpaired) electrons. The van der Waals surface area contributed by atoms with Crippen LogP contribution in [0.15, 0.2) is 0 Å². The van der Waals surface area contributed by atoms with E-state index in [-0.39, 0.29) is 16.9 Å². The molecule has 1 amide bonds. The maximum atomic E-state index is 11.4. The molecular weight excluding hydrogens is 174 g/mol. The first-order valence-corrected chi connectivity index (χ1v) is 5.08. The van der Waals surface area contributed by atoms with Gasteiger partial charge in [0, 0.05) is 13.5 Å². The minimum Gasteiger partial charge on any atom is -0.337 e. The molecule has 1 saturated heterocycles. The van der Waals surface area contributed by atoms with Crippen molar-refractivity contribution in [2.75, 3.05) is 19.3 Å². The minimum absolute atomic E-state index is 0.0986. The highest BCUT2D eigenvalue weighted by Gasteiger charge is 2.30. The van der Waals surface area contributed by atoms with E-state index in [1.807, 2.05) is 6.92 Å². The zero-order valence-electron chi connectivity index (χ0n) is 7.37. The molecule has 0 bridgehead atoms. The monoisotopic (exact) mass is 187 g/mol. The molecule has 1 atom stereocenters. The Balaban J connectivity index is 2.60. The van der Waals surface area contributed by atoms with E-state index in [0.717, 1.165) is 5.75 Å². The van der Waals surface area contributed by atoms with E-state index in [1.165, 1.54) is 4.90 Å². The number of Topliss-reactive ketones (excluding diaryl/α,β-unsaturated/α-hetero) is 1. The molecule has 3 nitrogen and oxygen atoms in total. The third-order valence-corrected chi connectivity index (χ3v) is 2.95. The van der Waals surface area contributed by atoms with E-state index in [0.29, 0.717) is 13.0 Å². The number of likely N-dealkylation sites (N-methyl/N-ethyl adjacent to an activating group) is 1. The summed E-state index contributed by atoms with van der Waals surface area (Å²) in [5.74, 6) is 1.15. The van der Waals surface area contributed by atoms with Crippen LogP contribution >= 0.6 is 11.8 Å². The molecule has 4 heteroatoms. The molecule has 1 aliphatic heterocycles. The van der Waals surface area contributed by atoms with Crippen LogP contribution in [0.4, 0.5) is 0 Å². The topological polar surface area (TPSA) is 37.4 Å². The molecule has 1 aliphatic rings. The highest BCUT2D eigenvalue weighted by Crippen LogP contribution is 2.20. The van der Waals surface area contributed by atoms with Crippen molar-refractivity contribution in [3.05, 3.63) is 0 Å². The van der Waals surface area contributed by atoms with Crippen molar-refractivity contribution in [3.8, 4) is 0 Å². The summed E-state index contributed by atoms with van der Waals surface area (Å²) in [5.41, 5.74) is 0. The lowest BCUT2D eigenvalue weighted by Gasteiger charge is -2.27. The van der Waals surface area contributed by atoms with Gasteiger partial charge in [-0.1, -0.05) is 6.92 Å². The van der Waals surface area contributed by atoms with Crippen molar-refractivity contribution >= 4 is 23.5 Å². The van der Waals surface area contributed by atoms with Crippen LogP contribution in [0.3, 0.4) is 0 Å². The highest BCUT2D eigenvalue weighted by atomic mass is 32.2. The Labute approximate surface area is 76.5 Å². The predicted molar refractivity (Wildman–Crippen MR) is 49.2 cm³/mol. The largest absolute Gasteiger partial charge is 0.337 e. The number of thioether (sulfide) groups is 1. The van der Waals surface area contributed by atoms with E-state index in [2.05, 4.69) is 0 Å². The minimum atomic E-state index is -0.124. The quantitative estimate of drug-likeness (QED) is 0.633. The number of carbonyl (C=O) groups excluding carboxylic acids is 2. The van der Waals surface area contributed by atoms with Gasteiger partial charge in [0.15, 0.2) is 5.78 Å². The number of hydrogen-bond acceptors (Lipinski definition) is 3. The smallest absolute Gasteiger partial charge is 0.236 e. The Hall–Kier alpha value is -0.510. The number of ketones is 1. The predicted octanol–water partition coefficient (Wildman–Crippen LogP) is 0.539. The molecule has 1 rings (SSSR count). The van der Waals surface area contributed by atoms with Crippen molar-refractivity contribution in [3.63, 3.8) is 0 Å². The molecule has 0 aliphatic carbocycles. The highest BCUT2D eigenvalue weighted by molar-refractivity contribution is 8.00. The van der Waals surface area contributed by atoms with Crippen LogP contribution in [0.1, 0.15) is 13.3 Å². The molecule has 0 N–H and O–H groups in total. The summed E-state index contributed by atoms with van der Waals surface area (Å²) < 4.78 is 0. The van der Waals surface area contributed by atoms with Gasteiger partial charge in [0.2, 0.25) is 5.91 Å². The molecule has 1 heterocycles. The Bertz CT molecular complexity index is 205. The SMILES string of the molecule is CCSC1CC(=O)CN(C)C1=O. The maximum absolute atomic E-state index is 11.4. The van der Waals surface area contributed by atoms with Crippen molar-refractivity contribution < 1.29 is 9.59 Å². The average Bonchev–Trinajstić information content (AvgIpc) is 2.00. The first kappa shape index (κ1) is 9.58. The van der Waals surface area contributed by atoms with Gasteiger partial charge < -0.3 is 4.90 Å². The Morgan fingerprint density at radius 1 is 1.58 bits per heavy atom. The first-order chi connectivity index (χ1) is 5.65. The van der Waals surface area contributed by atoms with Crippen LogP contribution < -0.4 is 0 Å². The van der Waals surface area contributed by atoms with Crippen LogP contribution in [-0.2, 0) is 9.59 Å². The van der Waals surface area contributed by atoms with E-state index >= 15 is 0 Å². The summed E-state index contributed by atoms with van der Waals surface area (Å²) in [6.07, 6.45) is 0.418. The molecule has 0 spiro atoms. The Morgan fingerprint density at radius 2 is 2.25 bits per heavy atom. The van der Waals surface area contributed by atoms with Gasteiger partial charge in [0.05, 0.1) is 11.8 Å². The van der Waals surface area contributed by atoms with Gasteiger partial charge in [-0.3, -0.25) is 9.59 Å². The number of hydrogen-bond donors (Lipinski definition) is 0. The molecule has 1 fully saturated rings. The van der Waals surface area contributed by atoms with E-state index in [9.17, 15) is 9.59 Å². The second-order valence-corrected chi connectivity index (χ2v) is 4.36. The molecule has 0 aromatic heterocycles. The molecule has 0 aromatic rings. The molecule has 1 unspecified atom stereocenters. The van der Waals surface area contributed by atoms with Crippen LogP contribution in [0.2, 0.25) is 0 Å². The zero-order valence-corrected chi connectivity index (χ0v) is 8.19. The van der Waals surface area contributed by atoms with Gasteiger partial charge >= 0.3 is 0 Å². The van der Waals surface area contributed by atoms with Crippen LogP contribution in [0, 0.1) is 0 Å². The van der Waals surface area contributed by atoms with E-state index < -0.39 is 0 Å². The van der Waals surface area contributed by atoms with Crippen molar-refractivity contribution in [2.45, 2.75) is 18.6 Å². The molecular formula is C8H13NO2S. The van der Waals surface area contributed by atoms with Crippen LogP contribution in [0.25, 0.3) is 0 Å². The maximum Gasteiger partial charge on any atom is 0.236 e. The number of nitrogens with zero attached hydrogens (tertiary/aromatic N) is 1. The second kappa shape index (κ2) is 3.94. The lowest BCUT2D eigenvalue weighted by Crippen LogP contribution is -2.44. The van der Waals surface area contributed by atoms with Gasteiger partial charge in [-0.15, -0.1) is 11.8 Å². The standard InChI is InChI=1S/C8H13NO2S/c1-3-12-7-4-6(10)5-9(2)8(7)11/h7H,3-5H2,1-2H3. The Morgan fingerprint density at radius 3 is 2.83 bits per heavy atom. The normalized spacial score (nSPS) is 24.8. The fourth-order valence-corrected chi connectivity index (χ4v) is 2.31. The summed E-state index contributed by atoms with van der Waals surface area (Å²) in [7, 11) is 1.68. The Kier molecular flexibility index (Phi) is 3.14. The summed E-state index contributed by atoms with van der Waals surface area (Å²) in [6.45, 7) is 2.29. The van der Waals surface area contributed by atoms with Gasteiger partial charge in [-0.05, 0) is 5.75 Å². The lowest BCUT2D eigenvalue weighted by molar-refractivity contribution is -0.138. The summed E-state index contributed by atoms with van der Waals surface area (Å²) in [6, 6.07) is 0. The third kappa shape index (κ3) is 2.00. The fraction of sp³-hybridized carbons (Fsp3) is 0.750. The summed E-state index contributed by atoms with van der Waals surface area (Å²) in [5, 5.41) is -0.124. The van der Waals surface area contributed by atoms with Gasteiger partial charge in [-0.2, -0.15) is 0 Å². The first-order valence-electron chi connectivity index (χ1n) is 4.03. The molecule has 0 aromatic carbocycles. The number of amides is 1. The fourth-order valence-electron chi connectivity index (χ4n) is 1.28. The number of piperidine rings is 1. The van der Waals surface area contributed by atoms with Gasteiger partial charge in [-0.25, -0.2) is 0 Å². The number of rotatable bonds is 2. The van der Waals surface area contributed by atoms with Crippen molar-refractivity contribution in [2.24, 2.45) is 0 Å². The van der Waals surface area contributed by atoms with Gasteiger partial charge in [0.1, 0.15) is 0 Å². The van der Waals surface area contributed by atoms with Crippen molar-refractivity contribution in [1.82, 2.24) is 4.90 Å². The van der Waals surface area contributed by atoms with E-state index in [4.69, 9.17) is 0 Å². The van der Waals surface area contributed by atoms with Gasteiger partial charge in [0.25, 0.3) is 0 Å². The lowest BCUT2D eigenvalue weighted by atomic mass is 10.1. The average molecular weight is 187 g/mol. The van der Waals surface area contributed by atoms with Crippen LogP contribution in [0.5, 0.6) is 0 Å². The molecule has 68 valence electrons. The summed E-state index contributed by atoms with van der Waals surface area (Å²) in [4.78, 5) is 24.0. The van der Waals surface area contributed by atoms with Crippen molar-refractivity contribution in [1.29, 1.82) is 0 Å². The van der Waals surface area contributed by atoms with E-state index in [1.54, 1.807) is 18.8 Å². The third-order valence-electron chi connectivity index (χ3n) is 1.85.